The molecule has 2 amide bonds. The van der Waals surface area contributed by atoms with Crippen molar-refractivity contribution >= 4 is 22.6 Å². The fourth-order valence-electron chi connectivity index (χ4n) is 2.16. The first kappa shape index (κ1) is 15.0. The summed E-state index contributed by atoms with van der Waals surface area (Å²) in [6.45, 7) is 3.56. The van der Waals surface area contributed by atoms with E-state index in [4.69, 9.17) is 5.73 Å². The zero-order valence-corrected chi connectivity index (χ0v) is 12.3. The summed E-state index contributed by atoms with van der Waals surface area (Å²) in [6, 6.07) is 13.3. The van der Waals surface area contributed by atoms with E-state index in [0.717, 1.165) is 16.3 Å². The van der Waals surface area contributed by atoms with Crippen molar-refractivity contribution in [3.05, 3.63) is 48.0 Å². The van der Waals surface area contributed by atoms with Crippen LogP contribution in [-0.4, -0.2) is 17.9 Å². The Morgan fingerprint density at radius 1 is 1.10 bits per heavy atom. The van der Waals surface area contributed by atoms with Crippen LogP contribution in [0.4, 0.5) is 0 Å². The highest BCUT2D eigenvalue weighted by Crippen LogP contribution is 2.16. The molecule has 0 saturated heterocycles. The first-order valence-electron chi connectivity index (χ1n) is 7.04. The highest BCUT2D eigenvalue weighted by Gasteiger charge is 2.20. The molecule has 2 aromatic rings. The van der Waals surface area contributed by atoms with E-state index in [1.807, 2.05) is 42.5 Å². The predicted octanol–water partition coefficient (Wildman–Crippen LogP) is 2.01. The summed E-state index contributed by atoms with van der Waals surface area (Å²) < 4.78 is 0. The number of nitrogens with one attached hydrogen (secondary N) is 1. The third kappa shape index (κ3) is 3.81. The van der Waals surface area contributed by atoms with E-state index in [1.165, 1.54) is 0 Å². The van der Waals surface area contributed by atoms with Crippen LogP contribution in [0.25, 0.3) is 10.8 Å². The number of fused-ring (bicyclic) bond motifs is 1. The summed E-state index contributed by atoms with van der Waals surface area (Å²) in [7, 11) is 0. The third-order valence-electron chi connectivity index (χ3n) is 3.44. The molecule has 0 heterocycles. The number of hydrogen-bond donors (Lipinski definition) is 2. The summed E-state index contributed by atoms with van der Waals surface area (Å²) in [5.41, 5.74) is 6.37. The van der Waals surface area contributed by atoms with Crippen molar-refractivity contribution in [1.82, 2.24) is 5.32 Å². The Morgan fingerprint density at radius 2 is 1.76 bits per heavy atom. The Hall–Kier alpha value is -2.36. The second-order valence-electron chi connectivity index (χ2n) is 5.50. The third-order valence-corrected chi connectivity index (χ3v) is 3.44. The molecule has 4 heteroatoms. The molecule has 0 aliphatic rings. The molecule has 1 atom stereocenters. The lowest BCUT2D eigenvalue weighted by Crippen LogP contribution is -2.47. The number of primary amides is 1. The summed E-state index contributed by atoms with van der Waals surface area (Å²) in [5.74, 6) is -0.861. The van der Waals surface area contributed by atoms with Crippen LogP contribution in [0.2, 0.25) is 0 Å². The van der Waals surface area contributed by atoms with Crippen molar-refractivity contribution in [3.63, 3.8) is 0 Å². The molecule has 0 bridgehead atoms. The number of amides is 2. The molecule has 2 aromatic carbocycles. The maximum atomic E-state index is 11.7. The Labute approximate surface area is 124 Å². The molecular formula is C17H20N2O2. The Bertz CT molecular complexity index is 665. The lowest BCUT2D eigenvalue weighted by Gasteiger charge is -2.17. The maximum Gasteiger partial charge on any atom is 0.240 e. The van der Waals surface area contributed by atoms with Gasteiger partial charge in [-0.1, -0.05) is 56.3 Å². The summed E-state index contributed by atoms with van der Waals surface area (Å²) in [4.78, 5) is 23.3. The Kier molecular flexibility index (Phi) is 4.58. The van der Waals surface area contributed by atoms with Gasteiger partial charge in [0.15, 0.2) is 0 Å². The molecule has 3 N–H and O–H groups in total. The van der Waals surface area contributed by atoms with E-state index in [2.05, 4.69) is 5.32 Å². The minimum Gasteiger partial charge on any atom is -0.368 e. The highest BCUT2D eigenvalue weighted by molar-refractivity contribution is 5.88. The van der Waals surface area contributed by atoms with E-state index in [0.29, 0.717) is 6.42 Å². The molecule has 0 radical (unpaired) electrons. The van der Waals surface area contributed by atoms with Crippen LogP contribution in [0.15, 0.2) is 42.5 Å². The molecule has 0 aromatic heterocycles. The van der Waals surface area contributed by atoms with E-state index in [-0.39, 0.29) is 11.8 Å². The SMILES string of the molecule is CC(C)C(=O)N[C@@H](Cc1ccc2ccccc2c1)C(N)=O. The van der Waals surface area contributed by atoms with Crippen molar-refractivity contribution in [2.24, 2.45) is 11.7 Å². The maximum absolute atomic E-state index is 11.7. The number of benzene rings is 2. The standard InChI is InChI=1S/C17H20N2O2/c1-11(2)17(21)19-15(16(18)20)10-12-7-8-13-5-3-4-6-14(13)9-12/h3-9,11,15H,10H2,1-2H3,(H2,18,20)(H,19,21)/t15-/m0/s1. The van der Waals surface area contributed by atoms with Crippen LogP contribution in [0.5, 0.6) is 0 Å². The molecule has 0 unspecified atom stereocenters. The molecule has 21 heavy (non-hydrogen) atoms. The monoisotopic (exact) mass is 284 g/mol. The molecule has 0 fully saturated rings. The van der Waals surface area contributed by atoms with E-state index in [1.54, 1.807) is 13.8 Å². The van der Waals surface area contributed by atoms with Gasteiger partial charge >= 0.3 is 0 Å². The number of nitrogens with two attached hydrogens (primary N) is 1. The topological polar surface area (TPSA) is 72.2 Å². The average Bonchev–Trinajstić information content (AvgIpc) is 2.46. The molecule has 0 spiro atoms. The van der Waals surface area contributed by atoms with Crippen molar-refractivity contribution in [3.8, 4) is 0 Å². The highest BCUT2D eigenvalue weighted by atomic mass is 16.2. The number of carbonyl (C=O) groups excluding carboxylic acids is 2. The second kappa shape index (κ2) is 6.39. The fraction of sp³-hybridized carbons (Fsp3) is 0.294. The first-order chi connectivity index (χ1) is 9.97. The predicted molar refractivity (Wildman–Crippen MR) is 83.6 cm³/mol. The van der Waals surface area contributed by atoms with Crippen LogP contribution in [0.1, 0.15) is 19.4 Å². The summed E-state index contributed by atoms with van der Waals surface area (Å²) >= 11 is 0. The van der Waals surface area contributed by atoms with Crippen molar-refractivity contribution in [2.75, 3.05) is 0 Å². The van der Waals surface area contributed by atoms with Crippen LogP contribution >= 0.6 is 0 Å². The number of carbonyl (C=O) groups is 2. The van der Waals surface area contributed by atoms with Gasteiger partial charge in [0.1, 0.15) is 6.04 Å². The summed E-state index contributed by atoms with van der Waals surface area (Å²) in [6.07, 6.45) is 0.401. The lowest BCUT2D eigenvalue weighted by molar-refractivity contribution is -0.129. The molecule has 0 aliphatic heterocycles. The summed E-state index contributed by atoms with van der Waals surface area (Å²) in [5, 5.41) is 4.95. The van der Waals surface area contributed by atoms with E-state index in [9.17, 15) is 9.59 Å². The van der Waals surface area contributed by atoms with Gasteiger partial charge in [-0.2, -0.15) is 0 Å². The van der Waals surface area contributed by atoms with Gasteiger partial charge in [0, 0.05) is 12.3 Å². The first-order valence-corrected chi connectivity index (χ1v) is 7.04. The van der Waals surface area contributed by atoms with Crippen molar-refractivity contribution in [2.45, 2.75) is 26.3 Å². The lowest BCUT2D eigenvalue weighted by atomic mass is 10.0. The molecule has 4 nitrogen and oxygen atoms in total. The van der Waals surface area contributed by atoms with Gasteiger partial charge in [0.2, 0.25) is 11.8 Å². The van der Waals surface area contributed by atoms with Gasteiger partial charge in [-0.15, -0.1) is 0 Å². The minimum atomic E-state index is -0.680. The molecule has 0 saturated carbocycles. The van der Waals surface area contributed by atoms with Gasteiger partial charge in [-0.05, 0) is 16.3 Å². The van der Waals surface area contributed by atoms with Crippen molar-refractivity contribution in [1.29, 1.82) is 0 Å². The molecule has 2 rings (SSSR count). The zero-order chi connectivity index (χ0) is 15.4. The fourth-order valence-corrected chi connectivity index (χ4v) is 2.16. The Balaban J connectivity index is 2.18. The molecule has 110 valence electrons. The smallest absolute Gasteiger partial charge is 0.240 e. The van der Waals surface area contributed by atoms with Crippen LogP contribution < -0.4 is 11.1 Å². The van der Waals surface area contributed by atoms with Crippen molar-refractivity contribution < 1.29 is 9.59 Å². The number of hydrogen-bond acceptors (Lipinski definition) is 2. The normalized spacial score (nSPS) is 12.3. The van der Waals surface area contributed by atoms with Gasteiger partial charge in [0.05, 0.1) is 0 Å². The van der Waals surface area contributed by atoms with Crippen LogP contribution in [-0.2, 0) is 16.0 Å². The zero-order valence-electron chi connectivity index (χ0n) is 12.3. The minimum absolute atomic E-state index is 0.167. The quantitative estimate of drug-likeness (QED) is 0.881. The Morgan fingerprint density at radius 3 is 2.38 bits per heavy atom. The van der Waals surface area contributed by atoms with E-state index >= 15 is 0 Å². The molecule has 0 aliphatic carbocycles. The van der Waals surface area contributed by atoms with Gasteiger partial charge in [0.25, 0.3) is 0 Å². The van der Waals surface area contributed by atoms with Crippen LogP contribution in [0, 0.1) is 5.92 Å². The van der Waals surface area contributed by atoms with E-state index < -0.39 is 11.9 Å². The second-order valence-corrected chi connectivity index (χ2v) is 5.50. The van der Waals surface area contributed by atoms with Gasteiger partial charge in [-0.3, -0.25) is 9.59 Å². The number of rotatable bonds is 5. The van der Waals surface area contributed by atoms with Gasteiger partial charge in [-0.25, -0.2) is 0 Å². The van der Waals surface area contributed by atoms with Gasteiger partial charge < -0.3 is 11.1 Å². The molecular weight excluding hydrogens is 264 g/mol. The largest absolute Gasteiger partial charge is 0.368 e. The average molecular weight is 284 g/mol. The van der Waals surface area contributed by atoms with Crippen LogP contribution in [0.3, 0.4) is 0 Å².